The Morgan fingerprint density at radius 2 is 1.92 bits per heavy atom. The minimum atomic E-state index is -0.132. The van der Waals surface area contributed by atoms with Crippen molar-refractivity contribution in [1.82, 2.24) is 0 Å². The zero-order valence-electron chi connectivity index (χ0n) is 13.8. The van der Waals surface area contributed by atoms with E-state index in [1.165, 1.54) is 0 Å². The van der Waals surface area contributed by atoms with Gasteiger partial charge in [-0.25, -0.2) is 0 Å². The molecule has 1 amide bonds. The molecule has 3 rings (SSSR count). The molecule has 2 aromatic carbocycles. The maximum Gasteiger partial charge on any atom is 0.248 e. The zero-order valence-corrected chi connectivity index (χ0v) is 13.8. The van der Waals surface area contributed by atoms with Gasteiger partial charge in [0.2, 0.25) is 5.91 Å². The Kier molecular flexibility index (Phi) is 5.29. The SMILES string of the molecule is COC1CCN(c2ccc(NC(=O)/C=C/c3ccccc3)cc2)C1. The number of hydrogen-bond donors (Lipinski definition) is 1. The molecule has 0 spiro atoms. The largest absolute Gasteiger partial charge is 0.380 e. The van der Waals surface area contributed by atoms with Crippen molar-refractivity contribution < 1.29 is 9.53 Å². The number of hydrogen-bond acceptors (Lipinski definition) is 3. The molecule has 1 N–H and O–H groups in total. The van der Waals surface area contributed by atoms with E-state index >= 15 is 0 Å². The monoisotopic (exact) mass is 322 g/mol. The highest BCUT2D eigenvalue weighted by atomic mass is 16.5. The Balaban J connectivity index is 1.56. The average Bonchev–Trinajstić information content (AvgIpc) is 3.11. The summed E-state index contributed by atoms with van der Waals surface area (Å²) in [4.78, 5) is 14.3. The van der Waals surface area contributed by atoms with Gasteiger partial charge >= 0.3 is 0 Å². The van der Waals surface area contributed by atoms with Crippen LogP contribution in [0.3, 0.4) is 0 Å². The topological polar surface area (TPSA) is 41.6 Å². The van der Waals surface area contributed by atoms with E-state index in [1.807, 2.05) is 54.6 Å². The van der Waals surface area contributed by atoms with Crippen LogP contribution < -0.4 is 10.2 Å². The van der Waals surface area contributed by atoms with Crippen LogP contribution in [0, 0.1) is 0 Å². The van der Waals surface area contributed by atoms with Crippen LogP contribution in [0.15, 0.2) is 60.7 Å². The minimum absolute atomic E-state index is 0.132. The van der Waals surface area contributed by atoms with Crippen LogP contribution in [0.5, 0.6) is 0 Å². The molecule has 0 saturated carbocycles. The third-order valence-electron chi connectivity index (χ3n) is 4.21. The quantitative estimate of drug-likeness (QED) is 0.856. The average molecular weight is 322 g/mol. The lowest BCUT2D eigenvalue weighted by atomic mass is 10.2. The van der Waals surface area contributed by atoms with Crippen LogP contribution in [0.2, 0.25) is 0 Å². The number of anilines is 2. The van der Waals surface area contributed by atoms with Gasteiger partial charge in [-0.15, -0.1) is 0 Å². The van der Waals surface area contributed by atoms with E-state index in [0.717, 1.165) is 36.4 Å². The Morgan fingerprint density at radius 1 is 1.17 bits per heavy atom. The maximum absolute atomic E-state index is 12.0. The van der Waals surface area contributed by atoms with E-state index < -0.39 is 0 Å². The number of benzene rings is 2. The Bertz CT molecular complexity index is 695. The predicted octanol–water partition coefficient (Wildman–Crippen LogP) is 3.56. The summed E-state index contributed by atoms with van der Waals surface area (Å²) in [5.41, 5.74) is 2.96. The Hall–Kier alpha value is -2.59. The molecule has 1 aliphatic rings. The van der Waals surface area contributed by atoms with E-state index in [1.54, 1.807) is 19.3 Å². The molecule has 1 atom stereocenters. The predicted molar refractivity (Wildman–Crippen MR) is 98.2 cm³/mol. The van der Waals surface area contributed by atoms with Crippen LogP contribution in [0.4, 0.5) is 11.4 Å². The second kappa shape index (κ2) is 7.79. The molecule has 0 aromatic heterocycles. The number of nitrogens with zero attached hydrogens (tertiary/aromatic N) is 1. The molecule has 4 heteroatoms. The van der Waals surface area contributed by atoms with E-state index in [4.69, 9.17) is 4.74 Å². The van der Waals surface area contributed by atoms with Crippen molar-refractivity contribution in [1.29, 1.82) is 0 Å². The first-order valence-electron chi connectivity index (χ1n) is 8.16. The number of carbonyl (C=O) groups excluding carboxylic acids is 1. The van der Waals surface area contributed by atoms with Crippen molar-refractivity contribution >= 4 is 23.4 Å². The number of ether oxygens (including phenoxy) is 1. The van der Waals surface area contributed by atoms with Crippen LogP contribution in [-0.2, 0) is 9.53 Å². The fraction of sp³-hybridized carbons (Fsp3) is 0.250. The molecule has 1 saturated heterocycles. The van der Waals surface area contributed by atoms with Gasteiger partial charge in [-0.3, -0.25) is 4.79 Å². The fourth-order valence-electron chi connectivity index (χ4n) is 2.83. The first-order chi connectivity index (χ1) is 11.7. The molecule has 24 heavy (non-hydrogen) atoms. The number of nitrogens with one attached hydrogen (secondary N) is 1. The molecular formula is C20H22N2O2. The van der Waals surface area contributed by atoms with Gasteiger partial charge in [0, 0.05) is 37.7 Å². The normalized spacial score (nSPS) is 17.4. The van der Waals surface area contributed by atoms with Gasteiger partial charge in [0.25, 0.3) is 0 Å². The summed E-state index contributed by atoms with van der Waals surface area (Å²) in [6, 6.07) is 17.7. The lowest BCUT2D eigenvalue weighted by molar-refractivity contribution is -0.111. The van der Waals surface area contributed by atoms with Crippen LogP contribution in [-0.4, -0.2) is 32.2 Å². The fourth-order valence-corrected chi connectivity index (χ4v) is 2.83. The summed E-state index contributed by atoms with van der Waals surface area (Å²) in [7, 11) is 1.76. The van der Waals surface area contributed by atoms with Gasteiger partial charge < -0.3 is 15.0 Å². The van der Waals surface area contributed by atoms with Crippen molar-refractivity contribution in [3.05, 3.63) is 66.2 Å². The van der Waals surface area contributed by atoms with Crippen LogP contribution in [0.25, 0.3) is 6.08 Å². The molecular weight excluding hydrogens is 300 g/mol. The third kappa shape index (κ3) is 4.24. The van der Waals surface area contributed by atoms with Crippen LogP contribution in [0.1, 0.15) is 12.0 Å². The van der Waals surface area contributed by atoms with E-state index in [2.05, 4.69) is 10.2 Å². The molecule has 1 aliphatic heterocycles. The number of methoxy groups -OCH3 is 1. The summed E-state index contributed by atoms with van der Waals surface area (Å²) in [5.74, 6) is -0.132. The summed E-state index contributed by atoms with van der Waals surface area (Å²) >= 11 is 0. The summed E-state index contributed by atoms with van der Waals surface area (Å²) < 4.78 is 5.40. The van der Waals surface area contributed by atoms with Gasteiger partial charge in [0.15, 0.2) is 0 Å². The molecule has 1 heterocycles. The molecule has 0 aliphatic carbocycles. The zero-order chi connectivity index (χ0) is 16.8. The highest BCUT2D eigenvalue weighted by Gasteiger charge is 2.21. The molecule has 1 fully saturated rings. The Morgan fingerprint density at radius 3 is 2.58 bits per heavy atom. The summed E-state index contributed by atoms with van der Waals surface area (Å²) in [6.07, 6.45) is 4.72. The van der Waals surface area contributed by atoms with Gasteiger partial charge in [-0.2, -0.15) is 0 Å². The second-order valence-corrected chi connectivity index (χ2v) is 5.87. The lowest BCUT2D eigenvalue weighted by Gasteiger charge is -2.18. The van der Waals surface area contributed by atoms with Crippen molar-refractivity contribution in [3.63, 3.8) is 0 Å². The molecule has 4 nitrogen and oxygen atoms in total. The molecule has 0 radical (unpaired) electrons. The summed E-state index contributed by atoms with van der Waals surface area (Å²) in [5, 5.41) is 2.88. The third-order valence-corrected chi connectivity index (χ3v) is 4.21. The van der Waals surface area contributed by atoms with E-state index in [-0.39, 0.29) is 5.91 Å². The molecule has 0 bridgehead atoms. The highest BCUT2D eigenvalue weighted by molar-refractivity contribution is 6.02. The van der Waals surface area contributed by atoms with Crippen molar-refractivity contribution in [2.24, 2.45) is 0 Å². The molecule has 1 unspecified atom stereocenters. The molecule has 2 aromatic rings. The lowest BCUT2D eigenvalue weighted by Crippen LogP contribution is -2.22. The van der Waals surface area contributed by atoms with E-state index in [0.29, 0.717) is 6.10 Å². The number of amides is 1. The number of carbonyl (C=O) groups is 1. The van der Waals surface area contributed by atoms with Crippen molar-refractivity contribution in [2.75, 3.05) is 30.4 Å². The maximum atomic E-state index is 12.0. The van der Waals surface area contributed by atoms with Gasteiger partial charge in [0.1, 0.15) is 0 Å². The minimum Gasteiger partial charge on any atom is -0.380 e. The van der Waals surface area contributed by atoms with E-state index in [9.17, 15) is 4.79 Å². The van der Waals surface area contributed by atoms with Gasteiger partial charge in [-0.1, -0.05) is 30.3 Å². The summed E-state index contributed by atoms with van der Waals surface area (Å²) in [6.45, 7) is 1.92. The number of rotatable bonds is 5. The first kappa shape index (κ1) is 16.3. The second-order valence-electron chi connectivity index (χ2n) is 5.87. The first-order valence-corrected chi connectivity index (χ1v) is 8.16. The van der Waals surface area contributed by atoms with Crippen LogP contribution >= 0.6 is 0 Å². The smallest absolute Gasteiger partial charge is 0.248 e. The highest BCUT2D eigenvalue weighted by Crippen LogP contribution is 2.23. The molecule has 124 valence electrons. The standard InChI is InChI=1S/C20H22N2O2/c1-24-19-13-14-22(15-19)18-10-8-17(9-11-18)21-20(23)12-7-16-5-3-2-4-6-16/h2-12,19H,13-15H2,1H3,(H,21,23)/b12-7+. The van der Waals surface area contributed by atoms with Crippen molar-refractivity contribution in [3.8, 4) is 0 Å². The Labute approximate surface area is 142 Å². The van der Waals surface area contributed by atoms with Gasteiger partial charge in [-0.05, 0) is 42.3 Å². The van der Waals surface area contributed by atoms with Gasteiger partial charge in [0.05, 0.1) is 6.10 Å². The van der Waals surface area contributed by atoms with Crippen molar-refractivity contribution in [2.45, 2.75) is 12.5 Å².